The van der Waals surface area contributed by atoms with E-state index in [2.05, 4.69) is 20.4 Å². The average molecular weight is 265 g/mol. The molecule has 0 spiro atoms. The zero-order valence-electron chi connectivity index (χ0n) is 11.4. The topological polar surface area (TPSA) is 80.3 Å². The highest BCUT2D eigenvalue weighted by Crippen LogP contribution is 2.03. The van der Waals surface area contributed by atoms with Gasteiger partial charge in [-0.25, -0.2) is 4.79 Å². The van der Waals surface area contributed by atoms with Crippen molar-refractivity contribution in [1.82, 2.24) is 15.6 Å². The number of aromatic nitrogens is 1. The molecule has 1 aromatic heterocycles. The van der Waals surface area contributed by atoms with Gasteiger partial charge in [-0.3, -0.25) is 9.78 Å². The average Bonchev–Trinajstić information content (AvgIpc) is 2.38. The molecule has 0 bridgehead atoms. The van der Waals surface area contributed by atoms with Crippen LogP contribution in [0.2, 0.25) is 0 Å². The summed E-state index contributed by atoms with van der Waals surface area (Å²) < 4.78 is 4.63. The van der Waals surface area contributed by atoms with Crippen LogP contribution in [0.3, 0.4) is 0 Å². The Morgan fingerprint density at radius 1 is 1.47 bits per heavy atom. The minimum absolute atomic E-state index is 0.269. The molecule has 1 heterocycles. The molecule has 6 heteroatoms. The van der Waals surface area contributed by atoms with Crippen LogP contribution in [-0.2, 0) is 20.9 Å². The van der Waals surface area contributed by atoms with Crippen LogP contribution in [0.25, 0.3) is 0 Å². The number of hydrogen-bond donors (Lipinski definition) is 2. The molecule has 2 N–H and O–H groups in total. The van der Waals surface area contributed by atoms with E-state index in [0.29, 0.717) is 13.1 Å². The molecule has 0 aliphatic heterocycles. The number of amides is 1. The molecule has 0 fully saturated rings. The third-order valence-electron chi connectivity index (χ3n) is 2.67. The third kappa shape index (κ3) is 5.05. The van der Waals surface area contributed by atoms with Crippen LogP contribution < -0.4 is 10.6 Å². The Bertz CT molecular complexity index is 449. The summed E-state index contributed by atoms with van der Waals surface area (Å²) >= 11 is 0. The molecule has 1 rings (SSSR count). The number of ether oxygens (including phenoxy) is 1. The first-order valence-corrected chi connectivity index (χ1v) is 5.99. The number of nitrogens with one attached hydrogen (secondary N) is 2. The Balaban J connectivity index is 2.50. The number of rotatable bonds is 6. The Kier molecular flexibility index (Phi) is 5.95. The minimum Gasteiger partial charge on any atom is -0.467 e. The zero-order chi connectivity index (χ0) is 14.3. The molecule has 0 aliphatic carbocycles. The second-order valence-electron chi connectivity index (χ2n) is 4.21. The number of methoxy groups -OCH3 is 1. The number of aryl methyl sites for hydroxylation is 1. The molecule has 1 unspecified atom stereocenters. The summed E-state index contributed by atoms with van der Waals surface area (Å²) in [6, 6.07) is 1.24. The Hall–Kier alpha value is -1.95. The van der Waals surface area contributed by atoms with E-state index in [1.165, 1.54) is 14.0 Å². The monoisotopic (exact) mass is 265 g/mol. The quantitative estimate of drug-likeness (QED) is 0.716. The lowest BCUT2D eigenvalue weighted by Gasteiger charge is -2.16. The van der Waals surface area contributed by atoms with Crippen molar-refractivity contribution < 1.29 is 14.3 Å². The highest BCUT2D eigenvalue weighted by atomic mass is 16.5. The number of carbonyl (C=O) groups excluding carboxylic acids is 2. The second kappa shape index (κ2) is 7.48. The summed E-state index contributed by atoms with van der Waals surface area (Å²) in [5, 5.41) is 5.65. The maximum absolute atomic E-state index is 11.5. The molecule has 19 heavy (non-hydrogen) atoms. The first kappa shape index (κ1) is 15.1. The van der Waals surface area contributed by atoms with Gasteiger partial charge >= 0.3 is 5.97 Å². The van der Waals surface area contributed by atoms with Crippen LogP contribution in [0.15, 0.2) is 18.5 Å². The number of pyridine rings is 1. The summed E-state index contributed by atoms with van der Waals surface area (Å²) in [7, 11) is 1.29. The van der Waals surface area contributed by atoms with E-state index in [1.807, 2.05) is 13.0 Å². The predicted molar refractivity (Wildman–Crippen MR) is 70.3 cm³/mol. The highest BCUT2D eigenvalue weighted by molar-refractivity contribution is 5.83. The van der Waals surface area contributed by atoms with Gasteiger partial charge in [0.2, 0.25) is 5.91 Å². The molecule has 0 radical (unpaired) electrons. The molecule has 0 saturated carbocycles. The predicted octanol–water partition coefficient (Wildman–Crippen LogP) is 0.157. The van der Waals surface area contributed by atoms with Gasteiger partial charge in [-0.15, -0.1) is 0 Å². The molecule has 0 aromatic carbocycles. The van der Waals surface area contributed by atoms with Crippen molar-refractivity contribution in [2.45, 2.75) is 26.4 Å². The van der Waals surface area contributed by atoms with E-state index < -0.39 is 12.0 Å². The first-order chi connectivity index (χ1) is 9.04. The number of carbonyl (C=O) groups is 2. The van der Waals surface area contributed by atoms with Crippen molar-refractivity contribution in [2.24, 2.45) is 0 Å². The SMILES string of the molecule is COC(=O)C(CNCc1cnccc1C)NC(C)=O. The van der Waals surface area contributed by atoms with Crippen LogP contribution in [-0.4, -0.2) is 36.6 Å². The van der Waals surface area contributed by atoms with Crippen LogP contribution in [0.5, 0.6) is 0 Å². The summed E-state index contributed by atoms with van der Waals surface area (Å²) in [6.07, 6.45) is 3.50. The normalized spacial score (nSPS) is 11.7. The molecule has 0 saturated heterocycles. The van der Waals surface area contributed by atoms with E-state index in [4.69, 9.17) is 0 Å². The lowest BCUT2D eigenvalue weighted by Crippen LogP contribution is -2.47. The van der Waals surface area contributed by atoms with E-state index in [9.17, 15) is 9.59 Å². The maximum Gasteiger partial charge on any atom is 0.329 e. The van der Waals surface area contributed by atoms with Gasteiger partial charge in [-0.2, -0.15) is 0 Å². The zero-order valence-corrected chi connectivity index (χ0v) is 11.4. The smallest absolute Gasteiger partial charge is 0.329 e. The van der Waals surface area contributed by atoms with Crippen molar-refractivity contribution in [3.05, 3.63) is 29.6 Å². The summed E-state index contributed by atoms with van der Waals surface area (Å²) in [4.78, 5) is 26.5. The number of hydrogen-bond acceptors (Lipinski definition) is 5. The summed E-state index contributed by atoms with van der Waals surface area (Å²) in [5.41, 5.74) is 2.17. The molecular weight excluding hydrogens is 246 g/mol. The molecular formula is C13H19N3O3. The fraction of sp³-hybridized carbons (Fsp3) is 0.462. The van der Waals surface area contributed by atoms with Gasteiger partial charge in [-0.05, 0) is 24.1 Å². The van der Waals surface area contributed by atoms with Gasteiger partial charge in [0, 0.05) is 32.4 Å². The van der Waals surface area contributed by atoms with E-state index >= 15 is 0 Å². The maximum atomic E-state index is 11.5. The first-order valence-electron chi connectivity index (χ1n) is 5.99. The number of esters is 1. The fourth-order valence-electron chi connectivity index (χ4n) is 1.61. The molecule has 0 aliphatic rings. The highest BCUT2D eigenvalue weighted by Gasteiger charge is 2.19. The Morgan fingerprint density at radius 3 is 2.79 bits per heavy atom. The van der Waals surface area contributed by atoms with Gasteiger partial charge in [0.1, 0.15) is 6.04 Å². The van der Waals surface area contributed by atoms with Crippen molar-refractivity contribution >= 4 is 11.9 Å². The summed E-state index contributed by atoms with van der Waals surface area (Å²) in [6.45, 7) is 4.23. The molecule has 6 nitrogen and oxygen atoms in total. The largest absolute Gasteiger partial charge is 0.467 e. The van der Waals surface area contributed by atoms with Gasteiger partial charge in [0.25, 0.3) is 0 Å². The Labute approximate surface area is 112 Å². The standard InChI is InChI=1S/C13H19N3O3/c1-9-4-5-14-6-11(9)7-15-8-12(13(18)19-3)16-10(2)17/h4-6,12,15H,7-8H2,1-3H3,(H,16,17). The van der Waals surface area contributed by atoms with Crippen molar-refractivity contribution in [3.63, 3.8) is 0 Å². The lowest BCUT2D eigenvalue weighted by atomic mass is 10.1. The summed E-state index contributed by atoms with van der Waals surface area (Å²) in [5.74, 6) is -0.736. The van der Waals surface area contributed by atoms with E-state index in [-0.39, 0.29) is 5.91 Å². The van der Waals surface area contributed by atoms with E-state index in [0.717, 1.165) is 11.1 Å². The van der Waals surface area contributed by atoms with Crippen LogP contribution in [0.4, 0.5) is 0 Å². The van der Waals surface area contributed by atoms with Gasteiger partial charge in [-0.1, -0.05) is 0 Å². The van der Waals surface area contributed by atoms with Crippen molar-refractivity contribution in [1.29, 1.82) is 0 Å². The Morgan fingerprint density at radius 2 is 2.21 bits per heavy atom. The lowest BCUT2D eigenvalue weighted by molar-refractivity contribution is -0.144. The van der Waals surface area contributed by atoms with Crippen LogP contribution in [0, 0.1) is 6.92 Å². The fourth-order valence-corrected chi connectivity index (χ4v) is 1.61. The van der Waals surface area contributed by atoms with Crippen molar-refractivity contribution in [2.75, 3.05) is 13.7 Å². The van der Waals surface area contributed by atoms with Crippen LogP contribution in [0.1, 0.15) is 18.1 Å². The molecule has 1 aromatic rings. The van der Waals surface area contributed by atoms with Crippen LogP contribution >= 0.6 is 0 Å². The second-order valence-corrected chi connectivity index (χ2v) is 4.21. The van der Waals surface area contributed by atoms with Gasteiger partial charge in [0.05, 0.1) is 7.11 Å². The van der Waals surface area contributed by atoms with E-state index in [1.54, 1.807) is 12.4 Å². The molecule has 104 valence electrons. The number of nitrogens with zero attached hydrogens (tertiary/aromatic N) is 1. The molecule has 1 atom stereocenters. The minimum atomic E-state index is -0.681. The molecule has 1 amide bonds. The van der Waals surface area contributed by atoms with Gasteiger partial charge in [0.15, 0.2) is 0 Å². The third-order valence-corrected chi connectivity index (χ3v) is 2.67. The van der Waals surface area contributed by atoms with Gasteiger partial charge < -0.3 is 15.4 Å². The van der Waals surface area contributed by atoms with Crippen molar-refractivity contribution in [3.8, 4) is 0 Å².